The molecule has 3 rings (SSSR count). The highest BCUT2D eigenvalue weighted by molar-refractivity contribution is 6.04. The number of halogens is 1. The van der Waals surface area contributed by atoms with Crippen molar-refractivity contribution in [3.05, 3.63) is 82.7 Å². The van der Waals surface area contributed by atoms with Gasteiger partial charge in [-0.2, -0.15) is 0 Å². The molecule has 6 nitrogen and oxygen atoms in total. The Kier molecular flexibility index (Phi) is 4.33. The number of aromatic nitrogens is 2. The third-order valence-corrected chi connectivity index (χ3v) is 3.07. The molecule has 7 heteroatoms. The van der Waals surface area contributed by atoms with E-state index < -0.39 is 5.91 Å². The van der Waals surface area contributed by atoms with E-state index in [2.05, 4.69) is 15.3 Å². The molecule has 0 fully saturated rings. The van der Waals surface area contributed by atoms with Crippen LogP contribution in [0.3, 0.4) is 0 Å². The second-order valence-electron chi connectivity index (χ2n) is 4.84. The molecule has 0 aliphatic carbocycles. The van der Waals surface area contributed by atoms with Crippen molar-refractivity contribution in [3.8, 4) is 11.6 Å². The second kappa shape index (κ2) is 6.74. The number of hydrogen-bond acceptors (Lipinski definition) is 4. The maximum atomic E-state index is 12.8. The van der Waals surface area contributed by atoms with E-state index in [1.807, 2.05) is 0 Å². The Hall–Kier alpha value is -3.48. The summed E-state index contributed by atoms with van der Waals surface area (Å²) in [5.74, 6) is -0.0248. The molecule has 2 N–H and O–H groups in total. The number of nitrogens with one attached hydrogen (secondary N) is 2. The molecule has 2 heterocycles. The van der Waals surface area contributed by atoms with Crippen LogP contribution in [-0.4, -0.2) is 15.9 Å². The van der Waals surface area contributed by atoms with Crippen molar-refractivity contribution in [2.24, 2.45) is 0 Å². The van der Waals surface area contributed by atoms with Gasteiger partial charge < -0.3 is 15.0 Å². The Morgan fingerprint density at radius 3 is 2.58 bits per heavy atom. The van der Waals surface area contributed by atoms with Crippen LogP contribution in [0.2, 0.25) is 0 Å². The number of carbonyl (C=O) groups is 1. The average molecular weight is 325 g/mol. The van der Waals surface area contributed by atoms with Gasteiger partial charge in [-0.1, -0.05) is 0 Å². The minimum absolute atomic E-state index is 0.241. The third-order valence-electron chi connectivity index (χ3n) is 3.07. The van der Waals surface area contributed by atoms with Crippen molar-refractivity contribution in [2.75, 3.05) is 5.32 Å². The summed E-state index contributed by atoms with van der Waals surface area (Å²) in [5.41, 5.74) is 0.334. The van der Waals surface area contributed by atoms with Gasteiger partial charge in [0.15, 0.2) is 0 Å². The summed E-state index contributed by atoms with van der Waals surface area (Å²) in [4.78, 5) is 29.7. The number of amides is 1. The summed E-state index contributed by atoms with van der Waals surface area (Å²) < 4.78 is 18.3. The molecule has 0 saturated carbocycles. The van der Waals surface area contributed by atoms with Gasteiger partial charge in [-0.05, 0) is 36.4 Å². The molecule has 0 bridgehead atoms. The zero-order valence-corrected chi connectivity index (χ0v) is 12.3. The van der Waals surface area contributed by atoms with Gasteiger partial charge in [0.25, 0.3) is 5.91 Å². The van der Waals surface area contributed by atoms with Crippen molar-refractivity contribution in [1.29, 1.82) is 0 Å². The predicted octanol–water partition coefficient (Wildman–Crippen LogP) is 2.95. The maximum absolute atomic E-state index is 12.8. The fraction of sp³-hybridized carbons (Fsp3) is 0. The Morgan fingerprint density at radius 2 is 1.92 bits per heavy atom. The first-order valence-corrected chi connectivity index (χ1v) is 7.00. The van der Waals surface area contributed by atoms with E-state index in [1.165, 1.54) is 48.8 Å². The van der Waals surface area contributed by atoms with Crippen molar-refractivity contribution in [2.45, 2.75) is 0 Å². The summed E-state index contributed by atoms with van der Waals surface area (Å²) in [6.07, 6.45) is 2.82. The molecule has 120 valence electrons. The first-order valence-electron chi connectivity index (χ1n) is 7.00. The highest BCUT2D eigenvalue weighted by Gasteiger charge is 2.07. The number of ether oxygens (including phenoxy) is 1. The monoisotopic (exact) mass is 325 g/mol. The Labute approximate surface area is 136 Å². The van der Waals surface area contributed by atoms with Crippen LogP contribution in [0.1, 0.15) is 10.4 Å². The van der Waals surface area contributed by atoms with E-state index >= 15 is 0 Å². The van der Waals surface area contributed by atoms with E-state index in [0.29, 0.717) is 17.3 Å². The first kappa shape index (κ1) is 15.4. The molecule has 1 amide bonds. The molecule has 2 aromatic heterocycles. The van der Waals surface area contributed by atoms with Crippen LogP contribution in [0.25, 0.3) is 0 Å². The lowest BCUT2D eigenvalue weighted by Crippen LogP contribution is -2.15. The van der Waals surface area contributed by atoms with Gasteiger partial charge in [0.05, 0.1) is 11.9 Å². The number of anilines is 1. The molecular formula is C17H12FN3O3. The average Bonchev–Trinajstić information content (AvgIpc) is 2.59. The second-order valence-corrected chi connectivity index (χ2v) is 4.84. The highest BCUT2D eigenvalue weighted by Crippen LogP contribution is 2.20. The Morgan fingerprint density at radius 1 is 1.12 bits per heavy atom. The first-order chi connectivity index (χ1) is 11.6. The van der Waals surface area contributed by atoms with E-state index in [4.69, 9.17) is 4.74 Å². The van der Waals surface area contributed by atoms with Crippen LogP contribution in [0.5, 0.6) is 11.6 Å². The SMILES string of the molecule is O=C(Nc1ccc(Oc2ccc(F)cc2)nc1)c1cc[nH]c(=O)c1. The van der Waals surface area contributed by atoms with Crippen LogP contribution >= 0.6 is 0 Å². The van der Waals surface area contributed by atoms with Gasteiger partial charge in [-0.3, -0.25) is 9.59 Å². The summed E-state index contributed by atoms with van der Waals surface area (Å²) >= 11 is 0. The summed E-state index contributed by atoms with van der Waals surface area (Å²) in [6.45, 7) is 0. The quantitative estimate of drug-likeness (QED) is 0.772. The normalized spacial score (nSPS) is 10.2. The molecule has 3 aromatic rings. The maximum Gasteiger partial charge on any atom is 0.255 e. The number of nitrogens with zero attached hydrogens (tertiary/aromatic N) is 1. The lowest BCUT2D eigenvalue weighted by molar-refractivity contribution is 0.102. The van der Waals surface area contributed by atoms with Crippen LogP contribution < -0.4 is 15.6 Å². The zero-order chi connectivity index (χ0) is 16.9. The molecule has 0 unspecified atom stereocenters. The van der Waals surface area contributed by atoms with E-state index in [0.717, 1.165) is 0 Å². The van der Waals surface area contributed by atoms with Gasteiger partial charge >= 0.3 is 0 Å². The Balaban J connectivity index is 1.67. The van der Waals surface area contributed by atoms with Gasteiger partial charge in [0.1, 0.15) is 11.6 Å². The van der Waals surface area contributed by atoms with E-state index in [-0.39, 0.29) is 16.9 Å². The molecule has 0 radical (unpaired) electrons. The molecule has 0 atom stereocenters. The van der Waals surface area contributed by atoms with E-state index in [1.54, 1.807) is 12.1 Å². The largest absolute Gasteiger partial charge is 0.439 e. The Bertz CT molecular complexity index is 905. The smallest absolute Gasteiger partial charge is 0.255 e. The minimum Gasteiger partial charge on any atom is -0.439 e. The fourth-order valence-corrected chi connectivity index (χ4v) is 1.93. The zero-order valence-electron chi connectivity index (χ0n) is 12.3. The lowest BCUT2D eigenvalue weighted by atomic mass is 10.2. The minimum atomic E-state index is -0.421. The van der Waals surface area contributed by atoms with Gasteiger partial charge in [0, 0.05) is 23.9 Å². The summed E-state index contributed by atoms with van der Waals surface area (Å²) in [5, 5.41) is 2.62. The van der Waals surface area contributed by atoms with Crippen molar-refractivity contribution >= 4 is 11.6 Å². The summed E-state index contributed by atoms with van der Waals surface area (Å²) in [7, 11) is 0. The molecular weight excluding hydrogens is 313 g/mol. The van der Waals surface area contributed by atoms with Crippen LogP contribution in [0.15, 0.2) is 65.7 Å². The predicted molar refractivity (Wildman–Crippen MR) is 85.7 cm³/mol. The number of H-pyrrole nitrogens is 1. The van der Waals surface area contributed by atoms with Gasteiger partial charge in [-0.25, -0.2) is 9.37 Å². The van der Waals surface area contributed by atoms with E-state index in [9.17, 15) is 14.0 Å². The molecule has 0 saturated heterocycles. The van der Waals surface area contributed by atoms with Crippen LogP contribution in [-0.2, 0) is 0 Å². The highest BCUT2D eigenvalue weighted by atomic mass is 19.1. The fourth-order valence-electron chi connectivity index (χ4n) is 1.93. The number of carbonyl (C=O) groups excluding carboxylic acids is 1. The van der Waals surface area contributed by atoms with Crippen molar-refractivity contribution < 1.29 is 13.9 Å². The molecule has 0 aliphatic heterocycles. The number of pyridine rings is 2. The standard InChI is InChI=1S/C17H12FN3O3/c18-12-1-4-14(5-2-12)24-16-6-3-13(10-20-16)21-17(23)11-7-8-19-15(22)9-11/h1-10H,(H,19,22)(H,21,23). The number of hydrogen-bond donors (Lipinski definition) is 2. The topological polar surface area (TPSA) is 84.1 Å². The van der Waals surface area contributed by atoms with Crippen molar-refractivity contribution in [3.63, 3.8) is 0 Å². The number of rotatable bonds is 4. The van der Waals surface area contributed by atoms with Crippen LogP contribution in [0, 0.1) is 5.82 Å². The third kappa shape index (κ3) is 3.83. The number of benzene rings is 1. The molecule has 1 aromatic carbocycles. The van der Waals surface area contributed by atoms with Gasteiger partial charge in [-0.15, -0.1) is 0 Å². The number of aromatic amines is 1. The molecule has 24 heavy (non-hydrogen) atoms. The molecule has 0 spiro atoms. The van der Waals surface area contributed by atoms with Crippen molar-refractivity contribution in [1.82, 2.24) is 9.97 Å². The lowest BCUT2D eigenvalue weighted by Gasteiger charge is -2.07. The molecule has 0 aliphatic rings. The van der Waals surface area contributed by atoms with Gasteiger partial charge in [0.2, 0.25) is 11.4 Å². The van der Waals surface area contributed by atoms with Crippen LogP contribution in [0.4, 0.5) is 10.1 Å². The summed E-state index contributed by atoms with van der Waals surface area (Å²) in [6, 6.07) is 11.4.